The van der Waals surface area contributed by atoms with Gasteiger partial charge >= 0.3 is 0 Å². The van der Waals surface area contributed by atoms with Crippen LogP contribution in [0.2, 0.25) is 0 Å². The van der Waals surface area contributed by atoms with E-state index >= 15 is 0 Å². The van der Waals surface area contributed by atoms with Gasteiger partial charge in [0.1, 0.15) is 5.75 Å². The van der Waals surface area contributed by atoms with Gasteiger partial charge in [-0.1, -0.05) is 49.3 Å². The quantitative estimate of drug-likeness (QED) is 0.358. The highest BCUT2D eigenvalue weighted by Crippen LogP contribution is 2.31. The molecule has 1 aromatic heterocycles. The third kappa shape index (κ3) is 6.66. The fourth-order valence-electron chi connectivity index (χ4n) is 3.19. The van der Waals surface area contributed by atoms with Crippen LogP contribution in [-0.2, 0) is 0 Å². The summed E-state index contributed by atoms with van der Waals surface area (Å²) in [6.07, 6.45) is 3.33. The first-order valence-electron chi connectivity index (χ1n) is 10.5. The van der Waals surface area contributed by atoms with Gasteiger partial charge in [-0.25, -0.2) is 4.98 Å². The number of unbranched alkanes of at least 4 members (excludes halogenated alkanes) is 2. The second-order valence-corrected chi connectivity index (χ2v) is 8.77. The third-order valence-electron chi connectivity index (χ3n) is 4.95. The maximum atomic E-state index is 13.5. The van der Waals surface area contributed by atoms with E-state index in [2.05, 4.69) is 30.9 Å². The van der Waals surface area contributed by atoms with Crippen LogP contribution in [0.5, 0.6) is 5.75 Å². The lowest BCUT2D eigenvalue weighted by Crippen LogP contribution is -2.36. The van der Waals surface area contributed by atoms with Crippen molar-refractivity contribution in [3.63, 3.8) is 0 Å². The highest BCUT2D eigenvalue weighted by molar-refractivity contribution is 7.22. The first-order valence-corrected chi connectivity index (χ1v) is 11.4. The van der Waals surface area contributed by atoms with Crippen LogP contribution in [-0.4, -0.2) is 49.6 Å². The minimum atomic E-state index is -0.0485. The number of hydrogen-bond donors (Lipinski definition) is 0. The van der Waals surface area contributed by atoms with Gasteiger partial charge in [-0.05, 0) is 57.3 Å². The number of likely N-dealkylation sites (N-methyl/N-ethyl adjacent to an activating group) is 1. The van der Waals surface area contributed by atoms with Gasteiger partial charge < -0.3 is 9.64 Å². The van der Waals surface area contributed by atoms with Crippen LogP contribution in [0.15, 0.2) is 42.5 Å². The Bertz CT molecular complexity index is 990. The number of nitrogens with zero attached hydrogens (tertiary/aromatic N) is 3. The van der Waals surface area contributed by atoms with E-state index in [4.69, 9.17) is 9.72 Å². The van der Waals surface area contributed by atoms with E-state index in [0.29, 0.717) is 18.7 Å². The Morgan fingerprint density at radius 2 is 1.87 bits per heavy atom. The van der Waals surface area contributed by atoms with E-state index < -0.39 is 0 Å². The minimum Gasteiger partial charge on any atom is -0.494 e. The molecular weight excluding hydrogens is 430 g/mol. The number of carbonyl (C=O) groups excluding carboxylic acids is 1. The largest absolute Gasteiger partial charge is 0.494 e. The van der Waals surface area contributed by atoms with Gasteiger partial charge in [-0.3, -0.25) is 9.69 Å². The van der Waals surface area contributed by atoms with Gasteiger partial charge in [0.15, 0.2) is 5.13 Å². The summed E-state index contributed by atoms with van der Waals surface area (Å²) in [5, 5.41) is 0.736. The fourth-order valence-corrected chi connectivity index (χ4v) is 4.26. The van der Waals surface area contributed by atoms with E-state index in [0.717, 1.165) is 52.5 Å². The third-order valence-corrected chi connectivity index (χ3v) is 6.00. The summed E-state index contributed by atoms with van der Waals surface area (Å²) in [4.78, 5) is 22.1. The number of fused-ring (bicyclic) bond motifs is 1. The maximum Gasteiger partial charge on any atom is 0.260 e. The standard InChI is InChI=1S/C24H31N3O2S.ClH/c1-5-6-7-16-29-20-12-9-11-19(17-20)23(28)27(15-14-26(3)4)24-25-22-18(2)10-8-13-21(22)30-24;/h8-13,17H,5-7,14-16H2,1-4H3;1H. The van der Waals surface area contributed by atoms with Crippen molar-refractivity contribution in [3.05, 3.63) is 53.6 Å². The van der Waals surface area contributed by atoms with Gasteiger partial charge in [0, 0.05) is 18.7 Å². The molecule has 1 amide bonds. The minimum absolute atomic E-state index is 0. The van der Waals surface area contributed by atoms with E-state index in [9.17, 15) is 4.79 Å². The lowest BCUT2D eigenvalue weighted by Gasteiger charge is -2.22. The number of carbonyl (C=O) groups is 1. The Hall–Kier alpha value is -2.15. The molecule has 0 aliphatic heterocycles. The summed E-state index contributed by atoms with van der Waals surface area (Å²) >= 11 is 1.56. The number of ether oxygens (including phenoxy) is 1. The van der Waals surface area contributed by atoms with E-state index in [-0.39, 0.29) is 18.3 Å². The normalized spacial score (nSPS) is 10.9. The number of amides is 1. The Kier molecular flexibility index (Phi) is 9.75. The van der Waals surface area contributed by atoms with Crippen molar-refractivity contribution in [2.45, 2.75) is 33.1 Å². The second-order valence-electron chi connectivity index (χ2n) is 7.76. The molecule has 5 nitrogen and oxygen atoms in total. The van der Waals surface area contributed by atoms with Gasteiger partial charge in [0.25, 0.3) is 5.91 Å². The second kappa shape index (κ2) is 12.0. The Labute approximate surface area is 195 Å². The highest BCUT2D eigenvalue weighted by Gasteiger charge is 2.22. The molecule has 0 atom stereocenters. The first-order chi connectivity index (χ1) is 14.5. The van der Waals surface area contributed by atoms with Crippen LogP contribution < -0.4 is 9.64 Å². The van der Waals surface area contributed by atoms with Crippen LogP contribution in [0.4, 0.5) is 5.13 Å². The van der Waals surface area contributed by atoms with Crippen LogP contribution in [0.25, 0.3) is 10.2 Å². The monoisotopic (exact) mass is 461 g/mol. The molecule has 3 rings (SSSR count). The molecule has 0 N–H and O–H groups in total. The number of aromatic nitrogens is 1. The Morgan fingerprint density at radius 1 is 1.10 bits per heavy atom. The molecule has 0 fully saturated rings. The van der Waals surface area contributed by atoms with Crippen LogP contribution >= 0.6 is 23.7 Å². The number of hydrogen-bond acceptors (Lipinski definition) is 5. The van der Waals surface area contributed by atoms with Crippen LogP contribution in [0.3, 0.4) is 0 Å². The number of anilines is 1. The number of halogens is 1. The van der Waals surface area contributed by atoms with Crippen molar-refractivity contribution >= 4 is 45.0 Å². The molecule has 0 saturated heterocycles. The van der Waals surface area contributed by atoms with Crippen LogP contribution in [0.1, 0.15) is 42.1 Å². The Morgan fingerprint density at radius 3 is 2.58 bits per heavy atom. The summed E-state index contributed by atoms with van der Waals surface area (Å²) in [7, 11) is 4.02. The molecular formula is C24H32ClN3O2S. The van der Waals surface area contributed by atoms with Gasteiger partial charge in [0.05, 0.1) is 16.8 Å². The van der Waals surface area contributed by atoms with Crippen molar-refractivity contribution in [2.75, 3.05) is 38.7 Å². The molecule has 0 unspecified atom stereocenters. The van der Waals surface area contributed by atoms with Crippen LogP contribution in [0, 0.1) is 6.92 Å². The average Bonchev–Trinajstić information content (AvgIpc) is 3.16. The average molecular weight is 462 g/mol. The lowest BCUT2D eigenvalue weighted by atomic mass is 10.2. The molecule has 0 aliphatic rings. The molecule has 1 heterocycles. The van der Waals surface area contributed by atoms with Gasteiger partial charge in [0.2, 0.25) is 0 Å². The predicted octanol–water partition coefficient (Wildman–Crippen LogP) is 5.80. The van der Waals surface area contributed by atoms with Gasteiger partial charge in [-0.15, -0.1) is 12.4 Å². The zero-order valence-corrected chi connectivity index (χ0v) is 20.4. The fraction of sp³-hybridized carbons (Fsp3) is 0.417. The zero-order chi connectivity index (χ0) is 21.5. The van der Waals surface area contributed by atoms with Crippen molar-refractivity contribution in [3.8, 4) is 5.75 Å². The molecule has 0 spiro atoms. The highest BCUT2D eigenvalue weighted by atomic mass is 35.5. The molecule has 168 valence electrons. The van der Waals surface area contributed by atoms with Crippen molar-refractivity contribution in [2.24, 2.45) is 0 Å². The molecule has 0 bridgehead atoms. The molecule has 0 aliphatic carbocycles. The number of thiazole rings is 1. The molecule has 0 saturated carbocycles. The SMILES string of the molecule is CCCCCOc1cccc(C(=O)N(CCN(C)C)c2nc3c(C)cccc3s2)c1.Cl. The van der Waals surface area contributed by atoms with Gasteiger partial charge in [-0.2, -0.15) is 0 Å². The smallest absolute Gasteiger partial charge is 0.260 e. The van der Waals surface area contributed by atoms with Crippen molar-refractivity contribution < 1.29 is 9.53 Å². The molecule has 7 heteroatoms. The lowest BCUT2D eigenvalue weighted by molar-refractivity contribution is 0.0984. The van der Waals surface area contributed by atoms with E-state index in [1.165, 1.54) is 0 Å². The number of rotatable bonds is 10. The molecule has 2 aromatic carbocycles. The summed E-state index contributed by atoms with van der Waals surface area (Å²) < 4.78 is 6.95. The van der Waals surface area contributed by atoms with E-state index in [1.54, 1.807) is 16.2 Å². The molecule has 3 aromatic rings. The number of aryl methyl sites for hydroxylation is 1. The molecule has 31 heavy (non-hydrogen) atoms. The van der Waals surface area contributed by atoms with Crippen molar-refractivity contribution in [1.29, 1.82) is 0 Å². The summed E-state index contributed by atoms with van der Waals surface area (Å²) in [5.41, 5.74) is 2.71. The number of para-hydroxylation sites is 1. The topological polar surface area (TPSA) is 45.7 Å². The summed E-state index contributed by atoms with van der Waals surface area (Å²) in [6, 6.07) is 13.6. The predicted molar refractivity (Wildman–Crippen MR) is 133 cm³/mol. The first kappa shape index (κ1) is 25.1. The molecule has 0 radical (unpaired) electrons. The summed E-state index contributed by atoms with van der Waals surface area (Å²) in [6.45, 7) is 6.23. The number of benzene rings is 2. The maximum absolute atomic E-state index is 13.5. The van der Waals surface area contributed by atoms with E-state index in [1.807, 2.05) is 44.4 Å². The zero-order valence-electron chi connectivity index (χ0n) is 18.8. The Balaban J connectivity index is 0.00000341. The van der Waals surface area contributed by atoms with Crippen molar-refractivity contribution in [1.82, 2.24) is 9.88 Å². The summed E-state index contributed by atoms with van der Waals surface area (Å²) in [5.74, 6) is 0.692.